The van der Waals surface area contributed by atoms with E-state index in [0.717, 1.165) is 18.9 Å². The fourth-order valence-electron chi connectivity index (χ4n) is 2.30. The van der Waals surface area contributed by atoms with Crippen LogP contribution in [0.4, 0.5) is 13.2 Å². The van der Waals surface area contributed by atoms with Crippen LogP contribution in [0.2, 0.25) is 18.6 Å². The van der Waals surface area contributed by atoms with Gasteiger partial charge in [-0.1, -0.05) is 6.42 Å². The molecule has 0 N–H and O–H groups in total. The van der Waals surface area contributed by atoms with Crippen molar-refractivity contribution in [1.29, 1.82) is 0 Å². The molecule has 0 aromatic rings. The molecule has 1 heterocycles. The van der Waals surface area contributed by atoms with Crippen molar-refractivity contribution in [3.63, 3.8) is 0 Å². The lowest BCUT2D eigenvalue weighted by atomic mass is 10.0. The third-order valence-corrected chi connectivity index (χ3v) is 6.62. The smallest absolute Gasteiger partial charge is 0.269 e. The zero-order chi connectivity index (χ0) is 11.7. The summed E-state index contributed by atoms with van der Waals surface area (Å²) in [5, 5.41) is 0. The van der Waals surface area contributed by atoms with Gasteiger partial charge in [0.15, 0.2) is 14.5 Å². The second-order valence-electron chi connectivity index (χ2n) is 5.22. The average Bonchev–Trinajstić information content (AvgIpc) is 1.99. The van der Waals surface area contributed by atoms with Gasteiger partial charge in [0.25, 0.3) is 6.43 Å². The highest BCUT2D eigenvalue weighted by molar-refractivity contribution is 6.72. The molecular weight excluding hydrogens is 221 g/mol. The summed E-state index contributed by atoms with van der Waals surface area (Å²) in [5.74, 6) is 0. The van der Waals surface area contributed by atoms with E-state index in [1.54, 1.807) is 0 Å². The topological polar surface area (TPSA) is 9.23 Å². The largest absolute Gasteiger partial charge is 0.412 e. The second-order valence-corrected chi connectivity index (χ2v) is 9.23. The summed E-state index contributed by atoms with van der Waals surface area (Å²) in [5.41, 5.74) is -0.263. The monoisotopic (exact) mass is 240 g/mol. The molecular formula is C10H19F3OSi. The van der Waals surface area contributed by atoms with Crippen molar-refractivity contribution in [2.75, 3.05) is 0 Å². The molecule has 0 aliphatic carbocycles. The molecule has 1 aliphatic heterocycles. The number of hydrogen-bond donors (Lipinski definition) is 0. The molecule has 0 aromatic carbocycles. The van der Waals surface area contributed by atoms with Gasteiger partial charge in [-0.2, -0.15) is 0 Å². The standard InChI is InChI=1S/C10H19F3OSi/c1-10(2)5-4-6-15(3,14-10)7-8(11)9(12)13/h8-9H,4-7H2,1-3H3. The predicted molar refractivity (Wildman–Crippen MR) is 56.5 cm³/mol. The van der Waals surface area contributed by atoms with Crippen LogP contribution in [-0.4, -0.2) is 26.5 Å². The van der Waals surface area contributed by atoms with Crippen molar-refractivity contribution in [2.45, 2.75) is 63.5 Å². The first-order chi connectivity index (χ1) is 6.74. The maximum atomic E-state index is 13.0. The molecule has 1 rings (SSSR count). The molecule has 2 atom stereocenters. The number of hydrogen-bond acceptors (Lipinski definition) is 1. The molecule has 90 valence electrons. The highest BCUT2D eigenvalue weighted by Crippen LogP contribution is 2.37. The van der Waals surface area contributed by atoms with Crippen molar-refractivity contribution in [1.82, 2.24) is 0 Å². The van der Waals surface area contributed by atoms with Crippen molar-refractivity contribution in [3.05, 3.63) is 0 Å². The highest BCUT2D eigenvalue weighted by Gasteiger charge is 2.42. The third kappa shape index (κ3) is 3.79. The molecule has 1 saturated heterocycles. The summed E-state index contributed by atoms with van der Waals surface area (Å²) in [6.45, 7) is 5.77. The van der Waals surface area contributed by atoms with E-state index < -0.39 is 20.9 Å². The Kier molecular flexibility index (Phi) is 3.87. The Hall–Kier alpha value is -0.0331. The summed E-state index contributed by atoms with van der Waals surface area (Å²) < 4.78 is 43.1. The fraction of sp³-hybridized carbons (Fsp3) is 1.00. The van der Waals surface area contributed by atoms with Crippen LogP contribution in [0, 0.1) is 0 Å². The zero-order valence-electron chi connectivity index (χ0n) is 9.53. The Morgan fingerprint density at radius 3 is 2.40 bits per heavy atom. The van der Waals surface area contributed by atoms with Gasteiger partial charge in [-0.25, -0.2) is 13.2 Å². The van der Waals surface area contributed by atoms with Gasteiger partial charge in [0.2, 0.25) is 0 Å². The minimum absolute atomic E-state index is 0.0753. The molecule has 1 fully saturated rings. The van der Waals surface area contributed by atoms with Gasteiger partial charge in [-0.3, -0.25) is 0 Å². The molecule has 0 spiro atoms. The SMILES string of the molecule is CC1(C)CCC[Si](C)(CC(F)C(F)F)O1. The second kappa shape index (κ2) is 4.45. The molecule has 0 saturated carbocycles. The first-order valence-corrected chi connectivity index (χ1v) is 8.19. The van der Waals surface area contributed by atoms with Crippen molar-refractivity contribution in [2.24, 2.45) is 0 Å². The van der Waals surface area contributed by atoms with E-state index in [0.29, 0.717) is 0 Å². The van der Waals surface area contributed by atoms with Gasteiger partial charge in [0, 0.05) is 6.04 Å². The molecule has 2 unspecified atom stereocenters. The zero-order valence-corrected chi connectivity index (χ0v) is 10.5. The van der Waals surface area contributed by atoms with Crippen LogP contribution in [0.5, 0.6) is 0 Å². The van der Waals surface area contributed by atoms with E-state index in [9.17, 15) is 13.2 Å². The van der Waals surface area contributed by atoms with Crippen molar-refractivity contribution >= 4 is 8.32 Å². The number of halogens is 3. The molecule has 1 aliphatic rings. The van der Waals surface area contributed by atoms with Crippen LogP contribution in [-0.2, 0) is 4.43 Å². The molecule has 5 heteroatoms. The number of rotatable bonds is 3. The summed E-state index contributed by atoms with van der Waals surface area (Å²) in [6.07, 6.45) is -2.99. The van der Waals surface area contributed by atoms with E-state index in [-0.39, 0.29) is 11.6 Å². The molecule has 0 amide bonds. The van der Waals surface area contributed by atoms with Gasteiger partial charge in [-0.05, 0) is 32.9 Å². The predicted octanol–water partition coefficient (Wildman–Crippen LogP) is 3.75. The molecule has 0 aromatic heterocycles. The highest BCUT2D eigenvalue weighted by atomic mass is 28.4. The quantitative estimate of drug-likeness (QED) is 0.683. The minimum Gasteiger partial charge on any atom is -0.412 e. The first-order valence-electron chi connectivity index (χ1n) is 5.37. The van der Waals surface area contributed by atoms with Crippen LogP contribution < -0.4 is 0 Å². The van der Waals surface area contributed by atoms with E-state index in [2.05, 4.69) is 0 Å². The average molecular weight is 240 g/mol. The van der Waals surface area contributed by atoms with E-state index >= 15 is 0 Å². The van der Waals surface area contributed by atoms with E-state index in [1.165, 1.54) is 0 Å². The Bertz CT molecular complexity index is 223. The first kappa shape index (κ1) is 13.0. The maximum absolute atomic E-state index is 13.0. The normalized spacial score (nSPS) is 33.0. The van der Waals surface area contributed by atoms with Gasteiger partial charge in [0.1, 0.15) is 0 Å². The van der Waals surface area contributed by atoms with Crippen LogP contribution in [0.25, 0.3) is 0 Å². The summed E-state index contributed by atoms with van der Waals surface area (Å²) in [4.78, 5) is 0. The van der Waals surface area contributed by atoms with Crippen LogP contribution in [0.3, 0.4) is 0 Å². The lowest BCUT2D eigenvalue weighted by Crippen LogP contribution is -2.49. The van der Waals surface area contributed by atoms with Crippen LogP contribution in [0.15, 0.2) is 0 Å². The summed E-state index contributed by atoms with van der Waals surface area (Å²) >= 11 is 0. The van der Waals surface area contributed by atoms with Crippen molar-refractivity contribution < 1.29 is 17.6 Å². The fourth-order valence-corrected chi connectivity index (χ4v) is 6.06. The summed E-state index contributed by atoms with van der Waals surface area (Å²) in [7, 11) is -2.25. The van der Waals surface area contributed by atoms with Gasteiger partial charge >= 0.3 is 0 Å². The van der Waals surface area contributed by atoms with E-state index in [1.807, 2.05) is 20.4 Å². The van der Waals surface area contributed by atoms with Gasteiger partial charge < -0.3 is 4.43 Å². The lowest BCUT2D eigenvalue weighted by Gasteiger charge is -2.42. The van der Waals surface area contributed by atoms with Crippen LogP contribution >= 0.6 is 0 Å². The Morgan fingerprint density at radius 2 is 1.93 bits per heavy atom. The lowest BCUT2D eigenvalue weighted by molar-refractivity contribution is 0.0410. The molecule has 0 bridgehead atoms. The van der Waals surface area contributed by atoms with Crippen LogP contribution in [0.1, 0.15) is 26.7 Å². The Morgan fingerprint density at radius 1 is 1.33 bits per heavy atom. The van der Waals surface area contributed by atoms with Gasteiger partial charge in [0.05, 0.1) is 5.60 Å². The molecule has 0 radical (unpaired) electrons. The third-order valence-electron chi connectivity index (χ3n) is 2.91. The minimum atomic E-state index is -2.87. The molecule has 15 heavy (non-hydrogen) atoms. The van der Waals surface area contributed by atoms with Crippen molar-refractivity contribution in [3.8, 4) is 0 Å². The maximum Gasteiger partial charge on any atom is 0.269 e. The summed E-state index contributed by atoms with van der Waals surface area (Å²) in [6, 6.07) is 0.720. The Balaban J connectivity index is 2.58. The number of alkyl halides is 3. The van der Waals surface area contributed by atoms with Gasteiger partial charge in [-0.15, -0.1) is 0 Å². The Labute approximate surface area is 90.1 Å². The van der Waals surface area contributed by atoms with E-state index in [4.69, 9.17) is 4.43 Å². The molecule has 1 nitrogen and oxygen atoms in total.